The molecule has 0 bridgehead atoms. The second-order valence-corrected chi connectivity index (χ2v) is 5.22. The highest BCUT2D eigenvalue weighted by molar-refractivity contribution is 5.84. The van der Waals surface area contributed by atoms with Crippen molar-refractivity contribution in [2.24, 2.45) is 7.05 Å². The third-order valence-corrected chi connectivity index (χ3v) is 3.75. The summed E-state index contributed by atoms with van der Waals surface area (Å²) in [5.74, 6) is 1.58. The van der Waals surface area contributed by atoms with Crippen molar-refractivity contribution < 1.29 is 9.47 Å². The normalized spacial score (nSPS) is 11.2. The van der Waals surface area contributed by atoms with Crippen LogP contribution in [0, 0.1) is 0 Å². The van der Waals surface area contributed by atoms with Crippen LogP contribution in [0.3, 0.4) is 0 Å². The summed E-state index contributed by atoms with van der Waals surface area (Å²) in [6.45, 7) is 0. The number of rotatable bonds is 4. The van der Waals surface area contributed by atoms with Crippen molar-refractivity contribution in [3.05, 3.63) is 59.8 Å². The average Bonchev–Trinajstić information content (AvgIpc) is 2.93. The molecule has 3 nitrogen and oxygen atoms in total. The van der Waals surface area contributed by atoms with Gasteiger partial charge < -0.3 is 14.0 Å². The van der Waals surface area contributed by atoms with E-state index < -0.39 is 0 Å². The fraction of sp³-hybridized carbons (Fsp3) is 0.158. The zero-order valence-electron chi connectivity index (χ0n) is 13.0. The molecule has 3 rings (SSSR count). The molecule has 0 amide bonds. The maximum Gasteiger partial charge on any atom is 0.123 e. The van der Waals surface area contributed by atoms with Crippen LogP contribution in [0.15, 0.2) is 48.7 Å². The van der Waals surface area contributed by atoms with Gasteiger partial charge in [0.2, 0.25) is 0 Å². The van der Waals surface area contributed by atoms with E-state index in [0.717, 1.165) is 17.1 Å². The maximum atomic E-state index is 5.29. The highest BCUT2D eigenvalue weighted by atomic mass is 16.5. The first-order valence-corrected chi connectivity index (χ1v) is 7.16. The molecule has 1 heterocycles. The Bertz CT molecular complexity index is 808. The highest BCUT2D eigenvalue weighted by Gasteiger charge is 2.00. The minimum atomic E-state index is 0.789. The van der Waals surface area contributed by atoms with Crippen molar-refractivity contribution in [3.8, 4) is 11.5 Å². The van der Waals surface area contributed by atoms with Crippen LogP contribution in [0.5, 0.6) is 11.5 Å². The summed E-state index contributed by atoms with van der Waals surface area (Å²) in [4.78, 5) is 0. The molecule has 0 aliphatic heterocycles. The van der Waals surface area contributed by atoms with Crippen LogP contribution in [0.4, 0.5) is 0 Å². The Morgan fingerprint density at radius 3 is 2.18 bits per heavy atom. The van der Waals surface area contributed by atoms with Gasteiger partial charge in [0.1, 0.15) is 11.5 Å². The van der Waals surface area contributed by atoms with Gasteiger partial charge in [-0.3, -0.25) is 0 Å². The van der Waals surface area contributed by atoms with Crippen LogP contribution in [-0.4, -0.2) is 18.8 Å². The summed E-state index contributed by atoms with van der Waals surface area (Å²) in [5.41, 5.74) is 3.45. The molecule has 3 heteroatoms. The Morgan fingerprint density at radius 2 is 1.50 bits per heavy atom. The molecule has 0 atom stereocenters. The van der Waals surface area contributed by atoms with Crippen LogP contribution in [0.25, 0.3) is 23.1 Å². The number of aromatic nitrogens is 1. The molecule has 0 N–H and O–H groups in total. The zero-order chi connectivity index (χ0) is 15.5. The van der Waals surface area contributed by atoms with Crippen molar-refractivity contribution in [1.82, 2.24) is 4.57 Å². The van der Waals surface area contributed by atoms with Crippen molar-refractivity contribution in [2.45, 2.75) is 0 Å². The van der Waals surface area contributed by atoms with E-state index in [2.05, 4.69) is 54.2 Å². The van der Waals surface area contributed by atoms with Crippen molar-refractivity contribution in [2.75, 3.05) is 14.2 Å². The van der Waals surface area contributed by atoms with Gasteiger partial charge in [-0.15, -0.1) is 0 Å². The second kappa shape index (κ2) is 5.98. The molecule has 0 fully saturated rings. The summed E-state index contributed by atoms with van der Waals surface area (Å²) in [6.07, 6.45) is 6.24. The molecule has 0 aliphatic carbocycles. The van der Waals surface area contributed by atoms with E-state index in [0.29, 0.717) is 0 Å². The lowest BCUT2D eigenvalue weighted by Gasteiger charge is -2.05. The van der Waals surface area contributed by atoms with Crippen molar-refractivity contribution in [3.63, 3.8) is 0 Å². The van der Waals surface area contributed by atoms with E-state index in [1.54, 1.807) is 14.2 Å². The van der Waals surface area contributed by atoms with Crippen LogP contribution in [0.1, 0.15) is 11.1 Å². The first-order chi connectivity index (χ1) is 10.7. The predicted octanol–water partition coefficient (Wildman–Crippen LogP) is 4.37. The van der Waals surface area contributed by atoms with Crippen molar-refractivity contribution in [1.29, 1.82) is 0 Å². The maximum absolute atomic E-state index is 5.29. The molecular weight excluding hydrogens is 274 g/mol. The monoisotopic (exact) mass is 293 g/mol. The van der Waals surface area contributed by atoms with Crippen LogP contribution in [-0.2, 0) is 7.05 Å². The molecule has 0 saturated heterocycles. The number of hydrogen-bond acceptors (Lipinski definition) is 2. The molecule has 1 aromatic heterocycles. The number of nitrogens with zero attached hydrogens (tertiary/aromatic N) is 1. The molecular formula is C19H19NO2. The molecule has 2 aromatic carbocycles. The molecule has 0 aliphatic rings. The lowest BCUT2D eigenvalue weighted by Crippen LogP contribution is -1.88. The van der Waals surface area contributed by atoms with Gasteiger partial charge in [-0.25, -0.2) is 0 Å². The Kier molecular flexibility index (Phi) is 3.88. The van der Waals surface area contributed by atoms with E-state index in [1.807, 2.05) is 18.2 Å². The molecule has 22 heavy (non-hydrogen) atoms. The SMILES string of the molecule is COc1cc(C=Cc2ccc3c(ccn3C)c2)cc(OC)c1. The smallest absolute Gasteiger partial charge is 0.123 e. The van der Waals surface area contributed by atoms with E-state index in [1.165, 1.54) is 16.5 Å². The minimum Gasteiger partial charge on any atom is -0.497 e. The van der Waals surface area contributed by atoms with Gasteiger partial charge in [0.05, 0.1) is 14.2 Å². The number of benzene rings is 2. The van der Waals surface area contributed by atoms with Gasteiger partial charge in [0.15, 0.2) is 0 Å². The average molecular weight is 293 g/mol. The number of hydrogen-bond donors (Lipinski definition) is 0. The van der Waals surface area contributed by atoms with Crippen LogP contribution in [0.2, 0.25) is 0 Å². The van der Waals surface area contributed by atoms with Gasteiger partial charge in [0, 0.05) is 30.2 Å². The zero-order valence-corrected chi connectivity index (χ0v) is 13.0. The van der Waals surface area contributed by atoms with E-state index >= 15 is 0 Å². The van der Waals surface area contributed by atoms with Gasteiger partial charge in [0.25, 0.3) is 0 Å². The summed E-state index contributed by atoms with van der Waals surface area (Å²) in [5, 5.41) is 1.24. The first kappa shape index (κ1) is 14.3. The molecule has 0 saturated carbocycles. The van der Waals surface area contributed by atoms with Gasteiger partial charge >= 0.3 is 0 Å². The Balaban J connectivity index is 1.91. The first-order valence-electron chi connectivity index (χ1n) is 7.16. The van der Waals surface area contributed by atoms with Crippen molar-refractivity contribution >= 4 is 23.1 Å². The van der Waals surface area contributed by atoms with Gasteiger partial charge in [-0.2, -0.15) is 0 Å². The van der Waals surface area contributed by atoms with Gasteiger partial charge in [-0.05, 0) is 41.5 Å². The second-order valence-electron chi connectivity index (χ2n) is 5.22. The summed E-state index contributed by atoms with van der Waals surface area (Å²) in [6, 6.07) is 14.4. The topological polar surface area (TPSA) is 23.4 Å². The largest absolute Gasteiger partial charge is 0.497 e. The third kappa shape index (κ3) is 2.84. The molecule has 112 valence electrons. The lowest BCUT2D eigenvalue weighted by atomic mass is 10.1. The number of methoxy groups -OCH3 is 2. The van der Waals surface area contributed by atoms with Gasteiger partial charge in [-0.1, -0.05) is 18.2 Å². The molecule has 0 radical (unpaired) electrons. The molecule has 0 unspecified atom stereocenters. The Morgan fingerprint density at radius 1 is 0.818 bits per heavy atom. The standard InChI is InChI=1S/C19H19NO2/c1-20-9-8-16-10-14(6-7-19(16)20)4-5-15-11-17(21-2)13-18(12-15)22-3/h4-13H,1-3H3. The fourth-order valence-corrected chi connectivity index (χ4v) is 2.52. The van der Waals surface area contributed by atoms with E-state index in [9.17, 15) is 0 Å². The highest BCUT2D eigenvalue weighted by Crippen LogP contribution is 2.24. The summed E-state index contributed by atoms with van der Waals surface area (Å²) >= 11 is 0. The van der Waals surface area contributed by atoms with E-state index in [4.69, 9.17) is 9.47 Å². The quantitative estimate of drug-likeness (QED) is 0.667. The van der Waals surface area contributed by atoms with E-state index in [-0.39, 0.29) is 0 Å². The third-order valence-electron chi connectivity index (χ3n) is 3.75. The Hall–Kier alpha value is -2.68. The summed E-state index contributed by atoms with van der Waals surface area (Å²) < 4.78 is 12.7. The lowest BCUT2D eigenvalue weighted by molar-refractivity contribution is 0.394. The minimum absolute atomic E-state index is 0.789. The number of fused-ring (bicyclic) bond motifs is 1. The number of aryl methyl sites for hydroxylation is 1. The summed E-state index contributed by atoms with van der Waals surface area (Å²) in [7, 11) is 5.37. The fourth-order valence-electron chi connectivity index (χ4n) is 2.52. The van der Waals surface area contributed by atoms with Crippen LogP contribution >= 0.6 is 0 Å². The Labute approximate surface area is 130 Å². The molecule has 0 spiro atoms. The van der Waals surface area contributed by atoms with Crippen LogP contribution < -0.4 is 9.47 Å². The predicted molar refractivity (Wildman–Crippen MR) is 91.4 cm³/mol. The number of ether oxygens (including phenoxy) is 2. The molecule has 3 aromatic rings.